The van der Waals surface area contributed by atoms with Gasteiger partial charge >= 0.3 is 5.97 Å². The van der Waals surface area contributed by atoms with Crippen LogP contribution in [0.4, 0.5) is 5.69 Å². The monoisotopic (exact) mass is 294 g/mol. The first kappa shape index (κ1) is 11.9. The van der Waals surface area contributed by atoms with Crippen LogP contribution in [0.25, 0.3) is 10.8 Å². The van der Waals surface area contributed by atoms with Crippen molar-refractivity contribution in [1.82, 2.24) is 4.98 Å². The summed E-state index contributed by atoms with van der Waals surface area (Å²) in [5.74, 6) is -1.02. The average Bonchev–Trinajstić information content (AvgIpc) is 2.27. The highest BCUT2D eigenvalue weighted by atomic mass is 79.9. The number of pyridine rings is 1. The van der Waals surface area contributed by atoms with Gasteiger partial charge in [0, 0.05) is 35.5 Å². The van der Waals surface area contributed by atoms with Crippen molar-refractivity contribution in [3.05, 3.63) is 34.6 Å². The van der Waals surface area contributed by atoms with Gasteiger partial charge in [0.1, 0.15) is 0 Å². The van der Waals surface area contributed by atoms with Crippen molar-refractivity contribution in [2.45, 2.75) is 0 Å². The predicted molar refractivity (Wildman–Crippen MR) is 70.7 cm³/mol. The molecule has 0 unspecified atom stereocenters. The molecule has 0 aliphatic heterocycles. The Morgan fingerprint density at radius 2 is 2.06 bits per heavy atom. The summed E-state index contributed by atoms with van der Waals surface area (Å²) in [6.07, 6.45) is 1.58. The summed E-state index contributed by atoms with van der Waals surface area (Å²) < 4.78 is 0.905. The van der Waals surface area contributed by atoms with E-state index in [1.54, 1.807) is 11.1 Å². The first-order chi connectivity index (χ1) is 8.02. The number of aromatic carboxylic acids is 1. The Hall–Kier alpha value is -1.62. The van der Waals surface area contributed by atoms with E-state index in [1.807, 2.05) is 32.3 Å². The Balaban J connectivity index is 2.89. The minimum atomic E-state index is -1.02. The Bertz CT molecular complexity index is 596. The highest BCUT2D eigenvalue weighted by molar-refractivity contribution is 9.10. The minimum Gasteiger partial charge on any atom is -0.476 e. The number of benzene rings is 1. The van der Waals surface area contributed by atoms with Gasteiger partial charge in [-0.3, -0.25) is 0 Å². The molecule has 1 aromatic heterocycles. The van der Waals surface area contributed by atoms with Crippen molar-refractivity contribution in [2.75, 3.05) is 19.0 Å². The molecule has 0 aliphatic rings. The fourth-order valence-electron chi connectivity index (χ4n) is 1.80. The van der Waals surface area contributed by atoms with Gasteiger partial charge in [-0.1, -0.05) is 28.1 Å². The van der Waals surface area contributed by atoms with Crippen LogP contribution in [0.5, 0.6) is 0 Å². The third kappa shape index (κ3) is 1.98. The van der Waals surface area contributed by atoms with E-state index in [-0.39, 0.29) is 5.69 Å². The molecular weight excluding hydrogens is 284 g/mol. The van der Waals surface area contributed by atoms with Gasteiger partial charge in [0.05, 0.1) is 5.69 Å². The van der Waals surface area contributed by atoms with Gasteiger partial charge in [-0.25, -0.2) is 9.78 Å². The second-order valence-corrected chi connectivity index (χ2v) is 4.71. The lowest BCUT2D eigenvalue weighted by Crippen LogP contribution is -2.15. The largest absolute Gasteiger partial charge is 0.476 e. The number of carbonyl (C=O) groups is 1. The van der Waals surface area contributed by atoms with Gasteiger partial charge in [0.25, 0.3) is 0 Å². The van der Waals surface area contributed by atoms with Crippen molar-refractivity contribution in [1.29, 1.82) is 0 Å². The SMILES string of the molecule is CN(C)c1c(C(=O)O)ncc2c(Br)cccc12. The molecule has 88 valence electrons. The lowest BCUT2D eigenvalue weighted by molar-refractivity contribution is 0.0691. The van der Waals surface area contributed by atoms with Crippen LogP contribution in [0.3, 0.4) is 0 Å². The average molecular weight is 295 g/mol. The van der Waals surface area contributed by atoms with Crippen molar-refractivity contribution < 1.29 is 9.90 Å². The smallest absolute Gasteiger partial charge is 0.356 e. The quantitative estimate of drug-likeness (QED) is 0.925. The number of rotatable bonds is 2. The molecule has 0 saturated carbocycles. The van der Waals surface area contributed by atoms with E-state index in [0.29, 0.717) is 5.69 Å². The number of fused-ring (bicyclic) bond motifs is 1. The number of hydrogen-bond donors (Lipinski definition) is 1. The number of aromatic nitrogens is 1. The molecule has 1 aromatic carbocycles. The first-order valence-electron chi connectivity index (χ1n) is 5.00. The van der Waals surface area contributed by atoms with Crippen molar-refractivity contribution >= 4 is 38.4 Å². The number of anilines is 1. The van der Waals surface area contributed by atoms with E-state index < -0.39 is 5.97 Å². The first-order valence-corrected chi connectivity index (χ1v) is 5.79. The molecule has 0 atom stereocenters. The topological polar surface area (TPSA) is 53.4 Å². The van der Waals surface area contributed by atoms with E-state index >= 15 is 0 Å². The third-order valence-corrected chi connectivity index (χ3v) is 3.20. The van der Waals surface area contributed by atoms with Crippen LogP contribution in [0.1, 0.15) is 10.5 Å². The summed E-state index contributed by atoms with van der Waals surface area (Å²) >= 11 is 3.44. The summed E-state index contributed by atoms with van der Waals surface area (Å²) in [5.41, 5.74) is 0.692. The van der Waals surface area contributed by atoms with Crippen molar-refractivity contribution in [3.8, 4) is 0 Å². The molecule has 0 radical (unpaired) electrons. The molecule has 0 saturated heterocycles. The Labute approximate surface area is 107 Å². The molecule has 2 rings (SSSR count). The Morgan fingerprint density at radius 1 is 1.35 bits per heavy atom. The van der Waals surface area contributed by atoms with Gasteiger partial charge in [-0.15, -0.1) is 0 Å². The lowest BCUT2D eigenvalue weighted by atomic mass is 10.1. The number of halogens is 1. The second-order valence-electron chi connectivity index (χ2n) is 3.86. The summed E-state index contributed by atoms with van der Waals surface area (Å²) in [4.78, 5) is 16.9. The fourth-order valence-corrected chi connectivity index (χ4v) is 2.27. The fraction of sp³-hybridized carbons (Fsp3) is 0.167. The molecule has 17 heavy (non-hydrogen) atoms. The number of carboxylic acid groups (broad SMARTS) is 1. The van der Waals surface area contributed by atoms with Gasteiger partial charge in [-0.2, -0.15) is 0 Å². The van der Waals surface area contributed by atoms with Crippen LogP contribution < -0.4 is 4.90 Å². The zero-order valence-corrected chi connectivity index (χ0v) is 11.0. The standard InChI is InChI=1S/C12H11BrN2O2/c1-15(2)11-7-4-3-5-9(13)8(7)6-14-10(11)12(16)17/h3-6H,1-2H3,(H,16,17). The van der Waals surface area contributed by atoms with Gasteiger partial charge in [-0.05, 0) is 6.07 Å². The predicted octanol–water partition coefficient (Wildman–Crippen LogP) is 2.76. The maximum atomic E-state index is 11.2. The molecule has 0 aliphatic carbocycles. The number of carboxylic acids is 1. The van der Waals surface area contributed by atoms with Crippen LogP contribution in [0.15, 0.2) is 28.9 Å². The lowest BCUT2D eigenvalue weighted by Gasteiger charge is -2.17. The molecule has 1 N–H and O–H groups in total. The maximum Gasteiger partial charge on any atom is 0.356 e. The number of nitrogens with zero attached hydrogens (tertiary/aromatic N) is 2. The van der Waals surface area contributed by atoms with E-state index in [1.165, 1.54) is 0 Å². The molecular formula is C12H11BrN2O2. The number of hydrogen-bond acceptors (Lipinski definition) is 3. The van der Waals surface area contributed by atoms with Crippen LogP contribution in [0, 0.1) is 0 Å². The molecule has 1 heterocycles. The maximum absolute atomic E-state index is 11.2. The van der Waals surface area contributed by atoms with Crippen LogP contribution in [-0.2, 0) is 0 Å². The highest BCUT2D eigenvalue weighted by Crippen LogP contribution is 2.32. The Kier molecular flexibility index (Phi) is 3.02. The van der Waals surface area contributed by atoms with Gasteiger partial charge < -0.3 is 10.0 Å². The summed E-state index contributed by atoms with van der Waals surface area (Å²) in [7, 11) is 3.62. The molecule has 5 heteroatoms. The van der Waals surface area contributed by atoms with Crippen molar-refractivity contribution in [2.24, 2.45) is 0 Å². The minimum absolute atomic E-state index is 0.0700. The van der Waals surface area contributed by atoms with Crippen LogP contribution in [0.2, 0.25) is 0 Å². The zero-order valence-electron chi connectivity index (χ0n) is 9.44. The zero-order chi connectivity index (χ0) is 12.6. The van der Waals surface area contributed by atoms with E-state index in [9.17, 15) is 4.79 Å². The molecule has 4 nitrogen and oxygen atoms in total. The summed E-state index contributed by atoms with van der Waals surface area (Å²) in [6.45, 7) is 0. The molecule has 0 fully saturated rings. The molecule has 0 spiro atoms. The Morgan fingerprint density at radius 3 is 2.65 bits per heavy atom. The van der Waals surface area contributed by atoms with Gasteiger partial charge in [0.2, 0.25) is 0 Å². The van der Waals surface area contributed by atoms with E-state index in [4.69, 9.17) is 5.11 Å². The molecule has 0 bridgehead atoms. The van der Waals surface area contributed by atoms with Gasteiger partial charge in [0.15, 0.2) is 5.69 Å². The normalized spacial score (nSPS) is 10.5. The molecule has 2 aromatic rings. The molecule has 0 amide bonds. The van der Waals surface area contributed by atoms with Crippen LogP contribution >= 0.6 is 15.9 Å². The van der Waals surface area contributed by atoms with Crippen molar-refractivity contribution in [3.63, 3.8) is 0 Å². The summed E-state index contributed by atoms with van der Waals surface area (Å²) in [6, 6.07) is 5.68. The third-order valence-electron chi connectivity index (χ3n) is 2.50. The van der Waals surface area contributed by atoms with Crippen LogP contribution in [-0.4, -0.2) is 30.2 Å². The van der Waals surface area contributed by atoms with E-state index in [0.717, 1.165) is 15.2 Å². The highest BCUT2D eigenvalue weighted by Gasteiger charge is 2.17. The summed E-state index contributed by atoms with van der Waals surface area (Å²) in [5, 5.41) is 10.9. The second kappa shape index (κ2) is 4.33. The van der Waals surface area contributed by atoms with E-state index in [2.05, 4.69) is 20.9 Å².